The first-order chi connectivity index (χ1) is 19.9. The lowest BCUT2D eigenvalue weighted by Crippen LogP contribution is -2.36. The fraction of sp³-hybridized carbons (Fsp3) is 0.233. The normalized spacial score (nSPS) is 14.5. The summed E-state index contributed by atoms with van der Waals surface area (Å²) in [7, 11) is 1.53. The van der Waals surface area contributed by atoms with E-state index in [0.29, 0.717) is 57.8 Å². The van der Waals surface area contributed by atoms with E-state index in [1.54, 1.807) is 35.4 Å². The van der Waals surface area contributed by atoms with Gasteiger partial charge < -0.3 is 25.0 Å². The number of hydrogen-bond donors (Lipinski definition) is 2. The van der Waals surface area contributed by atoms with Crippen molar-refractivity contribution < 1.29 is 19.1 Å². The van der Waals surface area contributed by atoms with Gasteiger partial charge in [-0.3, -0.25) is 14.6 Å². The molecule has 4 aromatic rings. The number of rotatable bonds is 10. The zero-order valence-electron chi connectivity index (χ0n) is 22.5. The van der Waals surface area contributed by atoms with Crippen LogP contribution in [0, 0.1) is 0 Å². The Hall–Kier alpha value is -4.70. The Kier molecular flexibility index (Phi) is 8.59. The molecule has 210 valence electrons. The Morgan fingerprint density at radius 3 is 2.78 bits per heavy atom. The van der Waals surface area contributed by atoms with E-state index in [9.17, 15) is 9.59 Å². The first kappa shape index (κ1) is 27.9. The van der Waals surface area contributed by atoms with E-state index in [4.69, 9.17) is 21.1 Å². The summed E-state index contributed by atoms with van der Waals surface area (Å²) in [6.45, 7) is 4.48. The highest BCUT2D eigenvalue weighted by Crippen LogP contribution is 2.35. The number of amides is 2. The molecule has 1 unspecified atom stereocenters. The highest BCUT2D eigenvalue weighted by Gasteiger charge is 2.29. The molecule has 2 amide bonds. The molecule has 0 bridgehead atoms. The van der Waals surface area contributed by atoms with E-state index >= 15 is 0 Å². The van der Waals surface area contributed by atoms with Gasteiger partial charge in [0.2, 0.25) is 11.8 Å². The SMILES string of the molecule is C=CC(=O)N1CCCC1CC(=O)Nc1cc2c(Nc3ccc(OCc4ccccn4)c(Cl)c3)ncnc2cc1OC. The number of aromatic nitrogens is 3. The van der Waals surface area contributed by atoms with E-state index in [2.05, 4.69) is 32.2 Å². The third kappa shape index (κ3) is 6.55. The topological polar surface area (TPSA) is 119 Å². The lowest BCUT2D eigenvalue weighted by Gasteiger charge is -2.23. The van der Waals surface area contributed by atoms with Gasteiger partial charge in [0, 0.05) is 42.3 Å². The molecular formula is C30H29ClN6O4. The lowest BCUT2D eigenvalue weighted by atomic mass is 10.1. The van der Waals surface area contributed by atoms with Gasteiger partial charge in [0.25, 0.3) is 0 Å². The number of ether oxygens (including phenoxy) is 2. The minimum atomic E-state index is -0.226. The standard InChI is InChI=1S/C30H29ClN6O4/c1-3-29(39)37-12-6-8-21(37)14-28(38)36-25-15-22-24(16-27(25)40-2)33-18-34-30(22)35-19-9-10-26(23(31)13-19)41-17-20-7-4-5-11-32-20/h3-5,7,9-11,13,15-16,18,21H,1,6,8,12,14,17H2,2H3,(H,36,38)(H,33,34,35). The maximum Gasteiger partial charge on any atom is 0.246 e. The molecule has 2 N–H and O–H groups in total. The van der Waals surface area contributed by atoms with Crippen LogP contribution in [-0.4, -0.2) is 51.4 Å². The summed E-state index contributed by atoms with van der Waals surface area (Å²) >= 11 is 6.50. The van der Waals surface area contributed by atoms with Crippen molar-refractivity contribution in [2.24, 2.45) is 0 Å². The van der Waals surface area contributed by atoms with Crippen molar-refractivity contribution in [3.63, 3.8) is 0 Å². The number of hydrogen-bond acceptors (Lipinski definition) is 8. The van der Waals surface area contributed by atoms with Crippen molar-refractivity contribution in [3.8, 4) is 11.5 Å². The van der Waals surface area contributed by atoms with E-state index in [-0.39, 0.29) is 24.3 Å². The van der Waals surface area contributed by atoms with Gasteiger partial charge in [-0.2, -0.15) is 0 Å². The second kappa shape index (κ2) is 12.6. The zero-order chi connectivity index (χ0) is 28.8. The van der Waals surface area contributed by atoms with Gasteiger partial charge in [0.1, 0.15) is 30.3 Å². The Bertz CT molecular complexity index is 1580. The molecule has 0 aliphatic carbocycles. The maximum atomic E-state index is 13.0. The molecular weight excluding hydrogens is 544 g/mol. The highest BCUT2D eigenvalue weighted by molar-refractivity contribution is 6.32. The van der Waals surface area contributed by atoms with Crippen LogP contribution in [0.1, 0.15) is 25.0 Å². The molecule has 11 heteroatoms. The molecule has 5 rings (SSSR count). The summed E-state index contributed by atoms with van der Waals surface area (Å²) in [4.78, 5) is 39.9. The Morgan fingerprint density at radius 2 is 2.02 bits per heavy atom. The molecule has 0 radical (unpaired) electrons. The van der Waals surface area contributed by atoms with Crippen molar-refractivity contribution in [1.29, 1.82) is 0 Å². The van der Waals surface area contributed by atoms with E-state index < -0.39 is 0 Å². The minimum Gasteiger partial charge on any atom is -0.494 e. The molecule has 1 aliphatic rings. The van der Waals surface area contributed by atoms with Gasteiger partial charge in [0.15, 0.2) is 0 Å². The number of carbonyl (C=O) groups excluding carboxylic acids is 2. The van der Waals surface area contributed by atoms with Crippen LogP contribution < -0.4 is 20.1 Å². The van der Waals surface area contributed by atoms with Gasteiger partial charge in [-0.1, -0.05) is 24.2 Å². The molecule has 1 atom stereocenters. The van der Waals surface area contributed by atoms with Crippen LogP contribution in [0.4, 0.5) is 17.2 Å². The number of pyridine rings is 1. The fourth-order valence-electron chi connectivity index (χ4n) is 4.79. The van der Waals surface area contributed by atoms with Crippen LogP contribution >= 0.6 is 11.6 Å². The predicted octanol–water partition coefficient (Wildman–Crippen LogP) is 5.52. The summed E-state index contributed by atoms with van der Waals surface area (Å²) in [6.07, 6.45) is 6.22. The Labute approximate surface area is 242 Å². The minimum absolute atomic E-state index is 0.163. The van der Waals surface area contributed by atoms with Gasteiger partial charge >= 0.3 is 0 Å². The average Bonchev–Trinajstić information content (AvgIpc) is 3.44. The quantitative estimate of drug-likeness (QED) is 0.239. The third-order valence-electron chi connectivity index (χ3n) is 6.78. The number of carbonyl (C=O) groups is 2. The Morgan fingerprint density at radius 1 is 1.15 bits per heavy atom. The molecule has 1 saturated heterocycles. The zero-order valence-corrected chi connectivity index (χ0v) is 23.2. The second-order valence-electron chi connectivity index (χ2n) is 9.46. The van der Waals surface area contributed by atoms with E-state index in [1.165, 1.54) is 19.5 Å². The van der Waals surface area contributed by atoms with E-state index in [0.717, 1.165) is 18.5 Å². The number of halogens is 1. The molecule has 2 aromatic heterocycles. The van der Waals surface area contributed by atoms with Crippen LogP contribution in [0.15, 0.2) is 73.7 Å². The first-order valence-electron chi connectivity index (χ1n) is 13.1. The van der Waals surface area contributed by atoms with Crippen LogP contribution in [0.2, 0.25) is 5.02 Å². The van der Waals surface area contributed by atoms with Gasteiger partial charge in [-0.15, -0.1) is 0 Å². The van der Waals surface area contributed by atoms with Crippen molar-refractivity contribution in [2.75, 3.05) is 24.3 Å². The second-order valence-corrected chi connectivity index (χ2v) is 9.86. The number of fused-ring (bicyclic) bond motifs is 1. The summed E-state index contributed by atoms with van der Waals surface area (Å²) in [6, 6.07) is 14.3. The highest BCUT2D eigenvalue weighted by atomic mass is 35.5. The summed E-state index contributed by atoms with van der Waals surface area (Å²) in [5, 5.41) is 7.31. The largest absolute Gasteiger partial charge is 0.494 e. The fourth-order valence-corrected chi connectivity index (χ4v) is 5.02. The number of benzene rings is 2. The number of anilines is 3. The molecule has 41 heavy (non-hydrogen) atoms. The molecule has 2 aromatic carbocycles. The van der Waals surface area contributed by atoms with Crippen molar-refractivity contribution in [1.82, 2.24) is 19.9 Å². The van der Waals surface area contributed by atoms with Gasteiger partial charge in [0.05, 0.1) is 29.0 Å². The van der Waals surface area contributed by atoms with Crippen molar-refractivity contribution in [3.05, 3.63) is 84.4 Å². The van der Waals surface area contributed by atoms with Gasteiger partial charge in [-0.05, 0) is 55.3 Å². The van der Waals surface area contributed by atoms with Crippen LogP contribution in [-0.2, 0) is 16.2 Å². The number of nitrogens with zero attached hydrogens (tertiary/aromatic N) is 4. The summed E-state index contributed by atoms with van der Waals surface area (Å²) < 4.78 is 11.4. The average molecular weight is 573 g/mol. The molecule has 0 saturated carbocycles. The molecule has 0 spiro atoms. The van der Waals surface area contributed by atoms with E-state index in [1.807, 2.05) is 24.3 Å². The first-order valence-corrected chi connectivity index (χ1v) is 13.5. The number of nitrogens with one attached hydrogen (secondary N) is 2. The van der Waals surface area contributed by atoms with Crippen LogP contribution in [0.5, 0.6) is 11.5 Å². The van der Waals surface area contributed by atoms with Crippen molar-refractivity contribution >= 4 is 51.5 Å². The summed E-state index contributed by atoms with van der Waals surface area (Å²) in [5.74, 6) is 1.12. The van der Waals surface area contributed by atoms with Crippen LogP contribution in [0.25, 0.3) is 10.9 Å². The predicted molar refractivity (Wildman–Crippen MR) is 158 cm³/mol. The number of methoxy groups -OCH3 is 1. The maximum absolute atomic E-state index is 13.0. The lowest BCUT2D eigenvalue weighted by molar-refractivity contribution is -0.127. The molecule has 3 heterocycles. The van der Waals surface area contributed by atoms with Crippen LogP contribution in [0.3, 0.4) is 0 Å². The van der Waals surface area contributed by atoms with Gasteiger partial charge in [-0.25, -0.2) is 9.97 Å². The molecule has 10 nitrogen and oxygen atoms in total. The molecule has 1 aliphatic heterocycles. The summed E-state index contributed by atoms with van der Waals surface area (Å²) in [5.41, 5.74) is 2.58. The monoisotopic (exact) mass is 572 g/mol. The smallest absolute Gasteiger partial charge is 0.246 e. The van der Waals surface area contributed by atoms with Crippen molar-refractivity contribution in [2.45, 2.75) is 31.9 Å². The number of likely N-dealkylation sites (tertiary alicyclic amines) is 1. The Balaban J connectivity index is 1.33. The molecule has 1 fully saturated rings. The third-order valence-corrected chi connectivity index (χ3v) is 7.08.